The van der Waals surface area contributed by atoms with Gasteiger partial charge in [0.05, 0.1) is 14.2 Å². The summed E-state index contributed by atoms with van der Waals surface area (Å²) in [5, 5.41) is 2.89. The van der Waals surface area contributed by atoms with E-state index in [1.807, 2.05) is 18.2 Å². The van der Waals surface area contributed by atoms with E-state index in [-0.39, 0.29) is 11.7 Å². The predicted octanol–water partition coefficient (Wildman–Crippen LogP) is 3.13. The van der Waals surface area contributed by atoms with Crippen LogP contribution in [-0.2, 0) is 17.6 Å². The lowest BCUT2D eigenvalue weighted by molar-refractivity contribution is -0.121. The molecule has 0 unspecified atom stereocenters. The molecule has 2 aromatic carbocycles. The third-order valence-corrected chi connectivity index (χ3v) is 3.76. The van der Waals surface area contributed by atoms with Crippen molar-refractivity contribution in [3.05, 3.63) is 59.4 Å². The number of halogens is 1. The molecule has 0 spiro atoms. The number of methoxy groups -OCH3 is 2. The lowest BCUT2D eigenvalue weighted by Crippen LogP contribution is -2.26. The van der Waals surface area contributed by atoms with Gasteiger partial charge in [0.2, 0.25) is 5.91 Å². The van der Waals surface area contributed by atoms with Crippen LogP contribution >= 0.6 is 0 Å². The van der Waals surface area contributed by atoms with Gasteiger partial charge in [-0.3, -0.25) is 4.79 Å². The highest BCUT2D eigenvalue weighted by molar-refractivity contribution is 5.76. The first-order valence-electron chi connectivity index (χ1n) is 7.84. The minimum atomic E-state index is -0.267. The maximum Gasteiger partial charge on any atom is 0.220 e. The number of carbonyl (C=O) groups excluding carboxylic acids is 1. The molecule has 0 saturated heterocycles. The van der Waals surface area contributed by atoms with Crippen molar-refractivity contribution in [2.45, 2.75) is 19.3 Å². The van der Waals surface area contributed by atoms with E-state index in [4.69, 9.17) is 9.47 Å². The molecular weight excluding hydrogens is 309 g/mol. The minimum Gasteiger partial charge on any atom is -0.497 e. The monoisotopic (exact) mass is 331 g/mol. The second kappa shape index (κ2) is 8.91. The largest absolute Gasteiger partial charge is 0.497 e. The molecule has 0 bridgehead atoms. The standard InChI is InChI=1S/C19H22FNO3/c1-23-17-9-6-15(18(13-17)24-2)11-12-21-19(22)10-5-14-3-7-16(20)8-4-14/h3-4,6-9,13H,5,10-12H2,1-2H3,(H,21,22). The van der Waals surface area contributed by atoms with Crippen LogP contribution in [0.3, 0.4) is 0 Å². The Morgan fingerprint density at radius 1 is 1.04 bits per heavy atom. The molecule has 1 N–H and O–H groups in total. The van der Waals surface area contributed by atoms with Gasteiger partial charge in [-0.05, 0) is 42.2 Å². The van der Waals surface area contributed by atoms with Gasteiger partial charge in [0.1, 0.15) is 17.3 Å². The molecule has 4 nitrogen and oxygen atoms in total. The number of aryl methyl sites for hydroxylation is 1. The van der Waals surface area contributed by atoms with E-state index in [0.717, 1.165) is 22.6 Å². The van der Waals surface area contributed by atoms with Crippen molar-refractivity contribution in [3.8, 4) is 11.5 Å². The predicted molar refractivity (Wildman–Crippen MR) is 91.0 cm³/mol. The van der Waals surface area contributed by atoms with E-state index < -0.39 is 0 Å². The Labute approximate surface area is 141 Å². The molecule has 0 heterocycles. The summed E-state index contributed by atoms with van der Waals surface area (Å²) in [6.45, 7) is 0.533. The fourth-order valence-corrected chi connectivity index (χ4v) is 2.39. The van der Waals surface area contributed by atoms with Crippen LogP contribution in [0, 0.1) is 5.82 Å². The third-order valence-electron chi connectivity index (χ3n) is 3.76. The van der Waals surface area contributed by atoms with Gasteiger partial charge in [-0.25, -0.2) is 4.39 Å². The highest BCUT2D eigenvalue weighted by atomic mass is 19.1. The summed E-state index contributed by atoms with van der Waals surface area (Å²) < 4.78 is 23.3. The van der Waals surface area contributed by atoms with Crippen molar-refractivity contribution < 1.29 is 18.7 Å². The maximum absolute atomic E-state index is 12.8. The summed E-state index contributed by atoms with van der Waals surface area (Å²) in [5.41, 5.74) is 1.96. The number of hydrogen-bond acceptors (Lipinski definition) is 3. The molecule has 0 aliphatic heterocycles. The second-order valence-electron chi connectivity index (χ2n) is 5.40. The summed E-state index contributed by atoms with van der Waals surface area (Å²) >= 11 is 0. The Hall–Kier alpha value is -2.56. The molecule has 5 heteroatoms. The first-order chi connectivity index (χ1) is 11.6. The summed E-state index contributed by atoms with van der Waals surface area (Å²) in [6.07, 6.45) is 1.65. The Balaban J connectivity index is 1.77. The van der Waals surface area contributed by atoms with Gasteiger partial charge in [0, 0.05) is 19.0 Å². The quantitative estimate of drug-likeness (QED) is 0.808. The van der Waals surface area contributed by atoms with Gasteiger partial charge >= 0.3 is 0 Å². The van der Waals surface area contributed by atoms with Crippen molar-refractivity contribution in [1.82, 2.24) is 5.32 Å². The second-order valence-corrected chi connectivity index (χ2v) is 5.40. The number of benzene rings is 2. The van der Waals surface area contributed by atoms with Gasteiger partial charge in [0.15, 0.2) is 0 Å². The lowest BCUT2D eigenvalue weighted by atomic mass is 10.1. The minimum absolute atomic E-state index is 0.0215. The van der Waals surface area contributed by atoms with Crippen LogP contribution in [0.2, 0.25) is 0 Å². The zero-order valence-corrected chi connectivity index (χ0v) is 14.0. The first kappa shape index (κ1) is 17.8. The molecule has 0 radical (unpaired) electrons. The zero-order chi connectivity index (χ0) is 17.4. The topological polar surface area (TPSA) is 47.6 Å². The van der Waals surface area contributed by atoms with Crippen LogP contribution < -0.4 is 14.8 Å². The van der Waals surface area contributed by atoms with Crippen molar-refractivity contribution in [3.63, 3.8) is 0 Å². The lowest BCUT2D eigenvalue weighted by Gasteiger charge is -2.11. The SMILES string of the molecule is COc1ccc(CCNC(=O)CCc2ccc(F)cc2)c(OC)c1. The van der Waals surface area contributed by atoms with Gasteiger partial charge in [-0.2, -0.15) is 0 Å². The zero-order valence-electron chi connectivity index (χ0n) is 14.0. The van der Waals surface area contributed by atoms with Crippen LogP contribution in [0.25, 0.3) is 0 Å². The summed E-state index contributed by atoms with van der Waals surface area (Å²) in [7, 11) is 3.22. The van der Waals surface area contributed by atoms with Crippen LogP contribution in [-0.4, -0.2) is 26.7 Å². The van der Waals surface area contributed by atoms with Crippen LogP contribution in [0.4, 0.5) is 4.39 Å². The molecule has 0 atom stereocenters. The number of ether oxygens (including phenoxy) is 2. The van der Waals surface area contributed by atoms with E-state index in [0.29, 0.717) is 25.8 Å². The third kappa shape index (κ3) is 5.26. The number of amides is 1. The fraction of sp³-hybridized carbons (Fsp3) is 0.316. The Kier molecular flexibility index (Phi) is 6.61. The molecule has 1 amide bonds. The molecule has 0 aromatic heterocycles. The van der Waals surface area contributed by atoms with Gasteiger partial charge in [0.25, 0.3) is 0 Å². The van der Waals surface area contributed by atoms with Crippen molar-refractivity contribution in [1.29, 1.82) is 0 Å². The Morgan fingerprint density at radius 2 is 1.79 bits per heavy atom. The van der Waals surface area contributed by atoms with Crippen molar-refractivity contribution >= 4 is 5.91 Å². The van der Waals surface area contributed by atoms with E-state index >= 15 is 0 Å². The van der Waals surface area contributed by atoms with Crippen LogP contribution in [0.1, 0.15) is 17.5 Å². The number of carbonyl (C=O) groups is 1. The molecule has 0 fully saturated rings. The van der Waals surface area contributed by atoms with Gasteiger partial charge in [-0.15, -0.1) is 0 Å². The molecule has 2 aromatic rings. The molecule has 128 valence electrons. The molecule has 0 aliphatic carbocycles. The molecule has 0 saturated carbocycles. The van der Waals surface area contributed by atoms with Crippen LogP contribution in [0.5, 0.6) is 11.5 Å². The summed E-state index contributed by atoms with van der Waals surface area (Å²) in [5.74, 6) is 1.19. The highest BCUT2D eigenvalue weighted by Gasteiger charge is 2.07. The Bertz CT molecular complexity index is 671. The normalized spacial score (nSPS) is 10.3. The molecule has 0 aliphatic rings. The van der Waals surface area contributed by atoms with Crippen molar-refractivity contribution in [2.75, 3.05) is 20.8 Å². The average molecular weight is 331 g/mol. The summed E-state index contributed by atoms with van der Waals surface area (Å²) in [4.78, 5) is 11.9. The van der Waals surface area contributed by atoms with Gasteiger partial charge < -0.3 is 14.8 Å². The van der Waals surface area contributed by atoms with E-state index in [9.17, 15) is 9.18 Å². The fourth-order valence-electron chi connectivity index (χ4n) is 2.39. The van der Waals surface area contributed by atoms with Crippen LogP contribution in [0.15, 0.2) is 42.5 Å². The Morgan fingerprint density at radius 3 is 2.46 bits per heavy atom. The van der Waals surface area contributed by atoms with E-state index in [1.165, 1.54) is 12.1 Å². The number of nitrogens with one attached hydrogen (secondary N) is 1. The van der Waals surface area contributed by atoms with E-state index in [1.54, 1.807) is 26.4 Å². The smallest absolute Gasteiger partial charge is 0.220 e. The van der Waals surface area contributed by atoms with Crippen molar-refractivity contribution in [2.24, 2.45) is 0 Å². The average Bonchev–Trinajstić information content (AvgIpc) is 2.61. The maximum atomic E-state index is 12.8. The molecular formula is C19H22FNO3. The van der Waals surface area contributed by atoms with Gasteiger partial charge in [-0.1, -0.05) is 18.2 Å². The highest BCUT2D eigenvalue weighted by Crippen LogP contribution is 2.24. The van der Waals surface area contributed by atoms with E-state index in [2.05, 4.69) is 5.32 Å². The summed E-state index contributed by atoms with van der Waals surface area (Å²) in [6, 6.07) is 11.8. The number of rotatable bonds is 8. The molecule has 2 rings (SSSR count). The molecule has 24 heavy (non-hydrogen) atoms. The number of hydrogen-bond donors (Lipinski definition) is 1. The first-order valence-corrected chi connectivity index (χ1v) is 7.84.